The first-order chi connectivity index (χ1) is 14.9. The van der Waals surface area contributed by atoms with Crippen LogP contribution in [0.5, 0.6) is 0 Å². The zero-order valence-electron chi connectivity index (χ0n) is 16.9. The van der Waals surface area contributed by atoms with E-state index in [1.807, 2.05) is 43.3 Å². The predicted octanol–water partition coefficient (Wildman–Crippen LogP) is 5.22. The highest BCUT2D eigenvalue weighted by molar-refractivity contribution is 6.36. The van der Waals surface area contributed by atoms with Gasteiger partial charge < -0.3 is 5.32 Å². The third-order valence-electron chi connectivity index (χ3n) is 5.16. The number of hydrogen-bond acceptors (Lipinski definition) is 3. The lowest BCUT2D eigenvalue weighted by Crippen LogP contribution is -2.34. The van der Waals surface area contributed by atoms with Crippen LogP contribution in [0.1, 0.15) is 16.7 Å². The first kappa shape index (κ1) is 20.8. The number of hydrogen-bond donors (Lipinski definition) is 1. The number of carbonyl (C=O) groups is 2. The molecule has 1 heterocycles. The van der Waals surface area contributed by atoms with Gasteiger partial charge in [0, 0.05) is 17.3 Å². The minimum absolute atomic E-state index is 0.191. The van der Waals surface area contributed by atoms with Crippen molar-refractivity contribution in [3.8, 4) is 0 Å². The van der Waals surface area contributed by atoms with Gasteiger partial charge in [0.1, 0.15) is 11.5 Å². The maximum absolute atomic E-state index is 13.4. The Morgan fingerprint density at radius 3 is 2.16 bits per heavy atom. The van der Waals surface area contributed by atoms with Crippen LogP contribution in [0.3, 0.4) is 0 Å². The van der Waals surface area contributed by atoms with Crippen LogP contribution in [0.2, 0.25) is 5.02 Å². The van der Waals surface area contributed by atoms with Crippen molar-refractivity contribution in [3.05, 3.63) is 106 Å². The summed E-state index contributed by atoms with van der Waals surface area (Å²) >= 11 is 5.93. The standard InChI is InChI=1S/C25H20ClFN2O2/c1-16-2-12-21(13-3-16)28-23-22(18-6-10-20(27)11-7-18)24(30)29(25(23)31)15-14-17-4-8-19(26)9-5-17/h2-13,28H,14-15H2,1H3. The third-order valence-corrected chi connectivity index (χ3v) is 5.41. The quantitative estimate of drug-likeness (QED) is 0.541. The second-order valence-corrected chi connectivity index (χ2v) is 7.82. The van der Waals surface area contributed by atoms with Crippen LogP contribution in [-0.2, 0) is 16.0 Å². The van der Waals surface area contributed by atoms with Crippen molar-refractivity contribution in [2.24, 2.45) is 0 Å². The largest absolute Gasteiger partial charge is 0.350 e. The lowest BCUT2D eigenvalue weighted by molar-refractivity contribution is -0.136. The van der Waals surface area contributed by atoms with Gasteiger partial charge in [0.2, 0.25) is 0 Å². The van der Waals surface area contributed by atoms with Gasteiger partial charge in [-0.1, -0.05) is 53.6 Å². The molecular weight excluding hydrogens is 415 g/mol. The molecule has 0 saturated heterocycles. The SMILES string of the molecule is Cc1ccc(NC2=C(c3ccc(F)cc3)C(=O)N(CCc3ccc(Cl)cc3)C2=O)cc1. The van der Waals surface area contributed by atoms with Gasteiger partial charge in [-0.2, -0.15) is 0 Å². The van der Waals surface area contributed by atoms with Crippen LogP contribution < -0.4 is 5.32 Å². The number of carbonyl (C=O) groups excluding carboxylic acids is 2. The van der Waals surface area contributed by atoms with Crippen LogP contribution in [0, 0.1) is 12.7 Å². The first-order valence-corrected chi connectivity index (χ1v) is 10.2. The number of rotatable bonds is 6. The van der Waals surface area contributed by atoms with E-state index < -0.39 is 17.6 Å². The molecule has 0 atom stereocenters. The number of amides is 2. The summed E-state index contributed by atoms with van der Waals surface area (Å²) in [5.41, 5.74) is 3.66. The zero-order valence-corrected chi connectivity index (χ0v) is 17.6. The molecular formula is C25H20ClFN2O2. The Hall–Kier alpha value is -3.44. The van der Waals surface area contributed by atoms with Gasteiger partial charge in [-0.25, -0.2) is 4.39 Å². The molecule has 0 aromatic heterocycles. The molecule has 31 heavy (non-hydrogen) atoms. The summed E-state index contributed by atoms with van der Waals surface area (Å²) in [4.78, 5) is 27.7. The summed E-state index contributed by atoms with van der Waals surface area (Å²) in [6.07, 6.45) is 0.503. The van der Waals surface area contributed by atoms with Gasteiger partial charge in [0.05, 0.1) is 5.57 Å². The number of anilines is 1. The number of halogens is 2. The fraction of sp³-hybridized carbons (Fsp3) is 0.120. The van der Waals surface area contributed by atoms with Gasteiger partial charge in [0.15, 0.2) is 0 Å². The van der Waals surface area contributed by atoms with Gasteiger partial charge in [-0.3, -0.25) is 14.5 Å². The smallest absolute Gasteiger partial charge is 0.278 e. The van der Waals surface area contributed by atoms with E-state index in [9.17, 15) is 14.0 Å². The molecule has 0 unspecified atom stereocenters. The second-order valence-electron chi connectivity index (χ2n) is 7.39. The first-order valence-electron chi connectivity index (χ1n) is 9.87. The van der Waals surface area contributed by atoms with Gasteiger partial charge >= 0.3 is 0 Å². The summed E-state index contributed by atoms with van der Waals surface area (Å²) in [5.74, 6) is -1.21. The van der Waals surface area contributed by atoms with Crippen LogP contribution in [0.15, 0.2) is 78.5 Å². The molecule has 3 aromatic carbocycles. The number of nitrogens with one attached hydrogen (secondary N) is 1. The van der Waals surface area contributed by atoms with E-state index >= 15 is 0 Å². The van der Waals surface area contributed by atoms with E-state index in [0.29, 0.717) is 22.7 Å². The van der Waals surface area contributed by atoms with E-state index in [0.717, 1.165) is 11.1 Å². The van der Waals surface area contributed by atoms with Crippen molar-refractivity contribution in [2.45, 2.75) is 13.3 Å². The van der Waals surface area contributed by atoms with E-state index in [2.05, 4.69) is 5.32 Å². The molecule has 0 fully saturated rings. The number of aryl methyl sites for hydroxylation is 1. The lowest BCUT2D eigenvalue weighted by atomic mass is 10.0. The van der Waals surface area contributed by atoms with Crippen LogP contribution in [0.25, 0.3) is 5.57 Å². The highest BCUT2D eigenvalue weighted by Gasteiger charge is 2.38. The fourth-order valence-electron chi connectivity index (χ4n) is 3.45. The Labute approximate surface area is 185 Å². The average Bonchev–Trinajstić information content (AvgIpc) is 2.99. The Morgan fingerprint density at radius 2 is 1.52 bits per heavy atom. The summed E-state index contributed by atoms with van der Waals surface area (Å²) in [6, 6.07) is 20.4. The van der Waals surface area contributed by atoms with Gasteiger partial charge in [-0.15, -0.1) is 0 Å². The van der Waals surface area contributed by atoms with Gasteiger partial charge in [-0.05, 0) is 60.9 Å². The number of imide groups is 1. The minimum atomic E-state index is -0.409. The Kier molecular flexibility index (Phi) is 5.87. The molecule has 6 heteroatoms. The molecule has 4 nitrogen and oxygen atoms in total. The van der Waals surface area contributed by atoms with E-state index in [-0.39, 0.29) is 17.8 Å². The highest BCUT2D eigenvalue weighted by atomic mass is 35.5. The zero-order chi connectivity index (χ0) is 22.0. The van der Waals surface area contributed by atoms with Crippen molar-refractivity contribution in [2.75, 3.05) is 11.9 Å². The molecule has 156 valence electrons. The van der Waals surface area contributed by atoms with Crippen LogP contribution >= 0.6 is 11.6 Å². The maximum Gasteiger partial charge on any atom is 0.278 e. The maximum atomic E-state index is 13.4. The van der Waals surface area contributed by atoms with Crippen LogP contribution in [-0.4, -0.2) is 23.3 Å². The van der Waals surface area contributed by atoms with Gasteiger partial charge in [0.25, 0.3) is 11.8 Å². The molecule has 1 N–H and O–H groups in total. The molecule has 0 saturated carbocycles. The summed E-state index contributed by atoms with van der Waals surface area (Å²) < 4.78 is 13.4. The molecule has 0 aliphatic carbocycles. The molecule has 0 radical (unpaired) electrons. The highest BCUT2D eigenvalue weighted by Crippen LogP contribution is 2.31. The summed E-state index contributed by atoms with van der Waals surface area (Å²) in [6.45, 7) is 2.19. The Bertz CT molecular complexity index is 1150. The topological polar surface area (TPSA) is 49.4 Å². The van der Waals surface area contributed by atoms with E-state index in [1.54, 1.807) is 12.1 Å². The number of nitrogens with zero attached hydrogens (tertiary/aromatic N) is 1. The molecule has 4 rings (SSSR count). The molecule has 1 aliphatic heterocycles. The summed E-state index contributed by atoms with van der Waals surface area (Å²) in [7, 11) is 0. The molecule has 0 bridgehead atoms. The fourth-order valence-corrected chi connectivity index (χ4v) is 3.58. The van der Waals surface area contributed by atoms with Crippen molar-refractivity contribution in [3.63, 3.8) is 0 Å². The Balaban J connectivity index is 1.64. The van der Waals surface area contributed by atoms with Crippen molar-refractivity contribution in [1.82, 2.24) is 4.90 Å². The van der Waals surface area contributed by atoms with Crippen molar-refractivity contribution < 1.29 is 14.0 Å². The third kappa shape index (κ3) is 4.52. The monoisotopic (exact) mass is 434 g/mol. The molecule has 0 spiro atoms. The second kappa shape index (κ2) is 8.74. The molecule has 2 amide bonds. The molecule has 3 aromatic rings. The van der Waals surface area contributed by atoms with E-state index in [1.165, 1.54) is 29.2 Å². The number of benzene rings is 3. The van der Waals surface area contributed by atoms with Crippen molar-refractivity contribution in [1.29, 1.82) is 0 Å². The van der Waals surface area contributed by atoms with E-state index in [4.69, 9.17) is 11.6 Å². The predicted molar refractivity (Wildman–Crippen MR) is 120 cm³/mol. The lowest BCUT2D eigenvalue weighted by Gasteiger charge is -2.15. The van der Waals surface area contributed by atoms with Crippen molar-refractivity contribution >= 4 is 34.7 Å². The normalized spacial score (nSPS) is 13.8. The Morgan fingerprint density at radius 1 is 0.871 bits per heavy atom. The molecule has 1 aliphatic rings. The minimum Gasteiger partial charge on any atom is -0.350 e. The van der Waals surface area contributed by atoms with Crippen LogP contribution in [0.4, 0.5) is 10.1 Å². The average molecular weight is 435 g/mol. The summed E-state index contributed by atoms with van der Waals surface area (Å²) in [5, 5.41) is 3.73.